The second-order valence-corrected chi connectivity index (χ2v) is 10.9. The van der Waals surface area contributed by atoms with Crippen LogP contribution < -0.4 is 5.32 Å². The average molecular weight is 511 g/mol. The van der Waals surface area contributed by atoms with Crippen molar-refractivity contribution in [3.05, 3.63) is 106 Å². The number of nitrogens with one attached hydrogen (secondary N) is 1. The number of carbonyl (C=O) groups excluding carboxylic acids is 1. The van der Waals surface area contributed by atoms with Gasteiger partial charge in [0.2, 0.25) is 15.9 Å². The number of sulfonamides is 1. The van der Waals surface area contributed by atoms with Crippen LogP contribution in [-0.2, 0) is 27.8 Å². The molecule has 0 saturated carbocycles. The number of fused-ring (bicyclic) bond motifs is 2. The molecule has 1 heterocycles. The van der Waals surface area contributed by atoms with Crippen LogP contribution in [0.1, 0.15) is 11.1 Å². The molecule has 0 saturated heterocycles. The summed E-state index contributed by atoms with van der Waals surface area (Å²) in [5, 5.41) is 5.23. The van der Waals surface area contributed by atoms with Gasteiger partial charge in [0.25, 0.3) is 0 Å². The van der Waals surface area contributed by atoms with E-state index in [0.717, 1.165) is 21.9 Å². The van der Waals surface area contributed by atoms with Gasteiger partial charge < -0.3 is 5.32 Å². The summed E-state index contributed by atoms with van der Waals surface area (Å²) in [6.45, 7) is 0.102. The van der Waals surface area contributed by atoms with Gasteiger partial charge in [-0.05, 0) is 58.7 Å². The Morgan fingerprint density at radius 3 is 2.29 bits per heavy atom. The molecule has 0 spiro atoms. The van der Waals surface area contributed by atoms with Crippen molar-refractivity contribution in [2.75, 3.05) is 5.32 Å². The minimum Gasteiger partial charge on any atom is -0.325 e. The number of anilines is 1. The number of halogens is 2. The number of benzene rings is 4. The maximum atomic E-state index is 13.8. The number of rotatable bonds is 4. The SMILES string of the molecule is O=C(Nc1ccc(Cl)c(Cl)c1)C1Cc2ccccc2CN1S(=O)(=O)c1ccc2ccccc2c1. The molecule has 0 bridgehead atoms. The van der Waals surface area contributed by atoms with Gasteiger partial charge >= 0.3 is 0 Å². The first-order valence-corrected chi connectivity index (χ1v) is 12.9. The van der Waals surface area contributed by atoms with Crippen LogP contribution in [0, 0.1) is 0 Å². The zero-order chi connectivity index (χ0) is 23.9. The van der Waals surface area contributed by atoms with Crippen LogP contribution in [0.15, 0.2) is 89.8 Å². The lowest BCUT2D eigenvalue weighted by Gasteiger charge is -2.35. The standard InChI is InChI=1S/C26H20Cl2N2O3S/c27-23-12-10-21(15-24(23)28)29-26(31)25-14-19-7-3-4-8-20(19)16-30(25)34(32,33)22-11-9-17-5-1-2-6-18(17)13-22/h1-13,15,25H,14,16H2,(H,29,31). The van der Waals surface area contributed by atoms with E-state index in [1.54, 1.807) is 36.4 Å². The highest BCUT2D eigenvalue weighted by atomic mass is 35.5. The zero-order valence-electron chi connectivity index (χ0n) is 17.9. The van der Waals surface area contributed by atoms with Crippen LogP contribution in [0.25, 0.3) is 10.8 Å². The van der Waals surface area contributed by atoms with Crippen molar-refractivity contribution in [2.45, 2.75) is 23.9 Å². The molecule has 0 radical (unpaired) electrons. The van der Waals surface area contributed by atoms with Crippen LogP contribution in [0.2, 0.25) is 10.0 Å². The molecule has 8 heteroatoms. The number of hydrogen-bond donors (Lipinski definition) is 1. The third kappa shape index (κ3) is 4.30. The van der Waals surface area contributed by atoms with E-state index < -0.39 is 22.0 Å². The molecule has 1 N–H and O–H groups in total. The number of hydrogen-bond acceptors (Lipinski definition) is 3. The van der Waals surface area contributed by atoms with E-state index >= 15 is 0 Å². The molecule has 34 heavy (non-hydrogen) atoms. The molecule has 5 rings (SSSR count). The van der Waals surface area contributed by atoms with Gasteiger partial charge in [-0.15, -0.1) is 0 Å². The number of carbonyl (C=O) groups is 1. The second kappa shape index (κ2) is 9.04. The molecule has 4 aromatic rings. The van der Waals surface area contributed by atoms with E-state index in [4.69, 9.17) is 23.2 Å². The molecular weight excluding hydrogens is 491 g/mol. The van der Waals surface area contributed by atoms with Crippen LogP contribution >= 0.6 is 23.2 Å². The third-order valence-corrected chi connectivity index (χ3v) is 8.61. The van der Waals surface area contributed by atoms with Crippen molar-refractivity contribution in [1.29, 1.82) is 0 Å². The van der Waals surface area contributed by atoms with Crippen molar-refractivity contribution < 1.29 is 13.2 Å². The highest BCUT2D eigenvalue weighted by molar-refractivity contribution is 7.89. The molecule has 1 amide bonds. The van der Waals surface area contributed by atoms with Gasteiger partial charge in [-0.3, -0.25) is 4.79 Å². The Hall–Kier alpha value is -2.90. The van der Waals surface area contributed by atoms with Gasteiger partial charge in [0, 0.05) is 12.2 Å². The normalized spacial score (nSPS) is 16.2. The van der Waals surface area contributed by atoms with Gasteiger partial charge in [-0.2, -0.15) is 4.31 Å². The van der Waals surface area contributed by atoms with Gasteiger partial charge in [-0.25, -0.2) is 8.42 Å². The molecule has 1 aliphatic rings. The molecule has 1 atom stereocenters. The minimum absolute atomic E-state index is 0.102. The van der Waals surface area contributed by atoms with Crippen LogP contribution in [0.3, 0.4) is 0 Å². The van der Waals surface area contributed by atoms with Crippen LogP contribution in [0.4, 0.5) is 5.69 Å². The Morgan fingerprint density at radius 1 is 0.824 bits per heavy atom. The first-order chi connectivity index (χ1) is 16.3. The van der Waals surface area contributed by atoms with Crippen LogP contribution in [-0.4, -0.2) is 24.7 Å². The van der Waals surface area contributed by atoms with Crippen molar-refractivity contribution in [3.8, 4) is 0 Å². The molecule has 1 unspecified atom stereocenters. The summed E-state index contributed by atoms with van der Waals surface area (Å²) in [6.07, 6.45) is 0.260. The average Bonchev–Trinajstić information content (AvgIpc) is 2.85. The Labute approximate surface area is 208 Å². The molecule has 4 aromatic carbocycles. The van der Waals surface area contributed by atoms with Crippen molar-refractivity contribution >= 4 is 55.6 Å². The predicted octanol–water partition coefficient (Wildman–Crippen LogP) is 5.90. The highest BCUT2D eigenvalue weighted by Gasteiger charge is 2.39. The van der Waals surface area contributed by atoms with Gasteiger partial charge in [0.15, 0.2) is 0 Å². The van der Waals surface area contributed by atoms with E-state index in [1.807, 2.05) is 48.5 Å². The third-order valence-electron chi connectivity index (χ3n) is 6.02. The lowest BCUT2D eigenvalue weighted by Crippen LogP contribution is -2.50. The molecule has 5 nitrogen and oxygen atoms in total. The molecule has 0 aliphatic carbocycles. The lowest BCUT2D eigenvalue weighted by atomic mass is 9.95. The topological polar surface area (TPSA) is 66.5 Å². The van der Waals surface area contributed by atoms with E-state index in [0.29, 0.717) is 15.7 Å². The van der Waals surface area contributed by atoms with Crippen molar-refractivity contribution in [3.63, 3.8) is 0 Å². The van der Waals surface area contributed by atoms with Crippen LogP contribution in [0.5, 0.6) is 0 Å². The van der Waals surface area contributed by atoms with Gasteiger partial charge in [0.1, 0.15) is 6.04 Å². The van der Waals surface area contributed by atoms with E-state index in [2.05, 4.69) is 5.32 Å². The maximum absolute atomic E-state index is 13.8. The van der Waals surface area contributed by atoms with E-state index in [1.165, 1.54) is 4.31 Å². The Kier molecular flexibility index (Phi) is 6.08. The fourth-order valence-corrected chi connectivity index (χ4v) is 6.14. The Morgan fingerprint density at radius 2 is 1.53 bits per heavy atom. The second-order valence-electron chi connectivity index (χ2n) is 8.17. The summed E-state index contributed by atoms with van der Waals surface area (Å²) in [5.74, 6) is -0.433. The van der Waals surface area contributed by atoms with E-state index in [9.17, 15) is 13.2 Å². The number of nitrogens with zero attached hydrogens (tertiary/aromatic N) is 1. The van der Waals surface area contributed by atoms with Gasteiger partial charge in [-0.1, -0.05) is 77.8 Å². The summed E-state index contributed by atoms with van der Waals surface area (Å²) in [5.41, 5.74) is 2.27. The first kappa shape index (κ1) is 22.9. The van der Waals surface area contributed by atoms with Gasteiger partial charge in [0.05, 0.1) is 14.9 Å². The molecule has 1 aliphatic heterocycles. The molecular formula is C26H20Cl2N2O3S. The summed E-state index contributed by atoms with van der Waals surface area (Å²) < 4.78 is 28.9. The molecule has 0 fully saturated rings. The predicted molar refractivity (Wildman–Crippen MR) is 136 cm³/mol. The van der Waals surface area contributed by atoms with Crippen molar-refractivity contribution in [1.82, 2.24) is 4.31 Å². The fourth-order valence-electron chi connectivity index (χ4n) is 4.24. The monoisotopic (exact) mass is 510 g/mol. The lowest BCUT2D eigenvalue weighted by molar-refractivity contribution is -0.120. The largest absolute Gasteiger partial charge is 0.325 e. The summed E-state index contributed by atoms with van der Waals surface area (Å²) in [6, 6.07) is 24.0. The maximum Gasteiger partial charge on any atom is 0.244 e. The summed E-state index contributed by atoms with van der Waals surface area (Å²) >= 11 is 12.1. The Bertz CT molecular complexity index is 1520. The molecule has 0 aromatic heterocycles. The molecule has 172 valence electrons. The first-order valence-electron chi connectivity index (χ1n) is 10.7. The zero-order valence-corrected chi connectivity index (χ0v) is 20.2. The van der Waals surface area contributed by atoms with E-state index in [-0.39, 0.29) is 17.9 Å². The fraction of sp³-hybridized carbons (Fsp3) is 0.115. The van der Waals surface area contributed by atoms with Crippen molar-refractivity contribution in [2.24, 2.45) is 0 Å². The quantitative estimate of drug-likeness (QED) is 0.371. The number of amides is 1. The highest BCUT2D eigenvalue weighted by Crippen LogP contribution is 2.32. The summed E-state index contributed by atoms with van der Waals surface area (Å²) in [7, 11) is -3.97. The summed E-state index contributed by atoms with van der Waals surface area (Å²) in [4.78, 5) is 13.5. The smallest absolute Gasteiger partial charge is 0.244 e. The Balaban J connectivity index is 1.54. The minimum atomic E-state index is -3.97.